The molecule has 1 aromatic carbocycles. The van der Waals surface area contributed by atoms with Gasteiger partial charge in [-0.3, -0.25) is 0 Å². The van der Waals surface area contributed by atoms with Gasteiger partial charge in [0, 0.05) is 18.2 Å². The van der Waals surface area contributed by atoms with Crippen LogP contribution in [0.15, 0.2) is 30.5 Å². The summed E-state index contributed by atoms with van der Waals surface area (Å²) in [5, 5.41) is 12.6. The highest BCUT2D eigenvalue weighted by molar-refractivity contribution is 5.57. The van der Waals surface area contributed by atoms with Crippen molar-refractivity contribution in [3.63, 3.8) is 0 Å². The van der Waals surface area contributed by atoms with E-state index in [4.69, 9.17) is 4.74 Å². The Kier molecular flexibility index (Phi) is 5.91. The molecule has 31 heavy (non-hydrogen) atoms. The number of aliphatic hydroxyl groups is 1. The number of nitrogens with zero attached hydrogens (tertiary/aromatic N) is 1. The highest BCUT2D eigenvalue weighted by atomic mass is 19.4. The fourth-order valence-electron chi connectivity index (χ4n) is 3.12. The van der Waals surface area contributed by atoms with Gasteiger partial charge in [0.1, 0.15) is 5.75 Å². The van der Waals surface area contributed by atoms with E-state index in [1.54, 1.807) is 0 Å². The molecule has 1 unspecified atom stereocenters. The van der Waals surface area contributed by atoms with Crippen molar-refractivity contribution >= 4 is 5.82 Å². The second kappa shape index (κ2) is 8.02. The van der Waals surface area contributed by atoms with Gasteiger partial charge >= 0.3 is 19.0 Å². The van der Waals surface area contributed by atoms with E-state index in [1.807, 2.05) is 0 Å². The first kappa shape index (κ1) is 22.8. The molecule has 0 radical (unpaired) electrons. The molecule has 1 aliphatic rings. The van der Waals surface area contributed by atoms with E-state index in [0.717, 1.165) is 12.1 Å². The lowest BCUT2D eigenvalue weighted by Crippen LogP contribution is -2.44. The molecule has 2 aromatic rings. The first-order valence-corrected chi connectivity index (χ1v) is 8.61. The zero-order chi connectivity index (χ0) is 23.0. The summed E-state index contributed by atoms with van der Waals surface area (Å²) >= 11 is 0. The van der Waals surface area contributed by atoms with Crippen LogP contribution in [0.4, 0.5) is 40.9 Å². The second-order valence-corrected chi connectivity index (χ2v) is 6.62. The normalized spacial score (nSPS) is 19.0. The maximum Gasteiger partial charge on any atom is 0.418 e. The number of pyridine rings is 1. The average molecular weight is 458 g/mol. The van der Waals surface area contributed by atoms with E-state index >= 15 is 0 Å². The number of aromatic nitrogens is 1. The van der Waals surface area contributed by atoms with Crippen LogP contribution in [0.2, 0.25) is 0 Å². The van der Waals surface area contributed by atoms with Crippen LogP contribution in [-0.4, -0.2) is 29.9 Å². The highest BCUT2D eigenvalue weighted by Gasteiger charge is 2.41. The summed E-state index contributed by atoms with van der Waals surface area (Å²) in [5.74, 6) is -1.74. The molecule has 5 nitrogen and oxygen atoms in total. The van der Waals surface area contributed by atoms with Gasteiger partial charge in [-0.25, -0.2) is 4.98 Å². The van der Waals surface area contributed by atoms with Crippen LogP contribution in [-0.2, 0) is 17.9 Å². The first-order valence-electron chi connectivity index (χ1n) is 8.61. The second-order valence-electron chi connectivity index (χ2n) is 6.62. The van der Waals surface area contributed by atoms with Crippen LogP contribution in [0.25, 0.3) is 0 Å². The first-order chi connectivity index (χ1) is 14.4. The van der Waals surface area contributed by atoms with Crippen molar-refractivity contribution in [1.82, 2.24) is 4.98 Å². The molecule has 0 saturated heterocycles. The van der Waals surface area contributed by atoms with Crippen LogP contribution in [0.5, 0.6) is 11.5 Å². The predicted octanol–water partition coefficient (Wildman–Crippen LogP) is 4.80. The summed E-state index contributed by atoms with van der Waals surface area (Å²) in [4.78, 5) is 3.49. The van der Waals surface area contributed by atoms with Gasteiger partial charge in [0.25, 0.3) is 0 Å². The number of rotatable bonds is 5. The average Bonchev–Trinajstić information content (AvgIpc) is 2.67. The fourth-order valence-corrected chi connectivity index (χ4v) is 3.12. The molecule has 0 fully saturated rings. The number of alkyl halides is 8. The van der Waals surface area contributed by atoms with E-state index in [0.29, 0.717) is 18.3 Å². The summed E-state index contributed by atoms with van der Waals surface area (Å²) in [6.45, 7) is -4.41. The molecule has 0 saturated carbocycles. The Morgan fingerprint density at radius 1 is 1.10 bits per heavy atom. The molecule has 2 N–H and O–H groups in total. The van der Waals surface area contributed by atoms with Crippen molar-refractivity contribution < 1.29 is 49.7 Å². The van der Waals surface area contributed by atoms with Gasteiger partial charge in [0.2, 0.25) is 0 Å². The molecule has 0 bridgehead atoms. The van der Waals surface area contributed by atoms with Crippen molar-refractivity contribution in [2.75, 3.05) is 18.5 Å². The van der Waals surface area contributed by atoms with E-state index < -0.39 is 53.8 Å². The van der Waals surface area contributed by atoms with Crippen LogP contribution in [0.3, 0.4) is 0 Å². The maximum atomic E-state index is 13.0. The molecule has 0 spiro atoms. The Morgan fingerprint density at radius 3 is 2.35 bits per heavy atom. The number of hydrogen-bond acceptors (Lipinski definition) is 5. The van der Waals surface area contributed by atoms with Gasteiger partial charge in [0.15, 0.2) is 11.6 Å². The van der Waals surface area contributed by atoms with E-state index in [-0.39, 0.29) is 24.3 Å². The summed E-state index contributed by atoms with van der Waals surface area (Å²) in [6.07, 6.45) is -9.24. The van der Waals surface area contributed by atoms with Gasteiger partial charge in [-0.1, -0.05) is 6.07 Å². The summed E-state index contributed by atoms with van der Waals surface area (Å²) in [5.41, 5.74) is -3.91. The van der Waals surface area contributed by atoms with Crippen LogP contribution >= 0.6 is 0 Å². The van der Waals surface area contributed by atoms with E-state index in [1.165, 1.54) is 0 Å². The van der Waals surface area contributed by atoms with Gasteiger partial charge < -0.3 is 19.9 Å². The Hall–Kier alpha value is -2.83. The van der Waals surface area contributed by atoms with Crippen molar-refractivity contribution in [2.24, 2.45) is 0 Å². The number of anilines is 1. The lowest BCUT2D eigenvalue weighted by Gasteiger charge is -2.39. The number of fused-ring (bicyclic) bond motifs is 1. The third kappa shape index (κ3) is 4.75. The molecule has 170 valence electrons. The molecule has 1 aromatic heterocycles. The largest absolute Gasteiger partial charge is 0.493 e. The fraction of sp³-hybridized carbons (Fsp3) is 0.389. The lowest BCUT2D eigenvalue weighted by molar-refractivity contribution is -0.138. The standard InChI is InChI=1S/C18H14F8N2O3/c19-15(20)31-13-6-10(18(24,25)26)7-27-14(13)28-16(8-29)3-4-30-12-5-9(17(21,22)23)1-2-11(12)16/h1-2,5-7,15,29H,3-4,8H2,(H,27,28). The molecule has 0 aliphatic carbocycles. The topological polar surface area (TPSA) is 63.6 Å². The number of nitrogens with one attached hydrogen (secondary N) is 1. The Labute approximate surface area is 169 Å². The Morgan fingerprint density at radius 2 is 1.77 bits per heavy atom. The maximum absolute atomic E-state index is 13.0. The van der Waals surface area contributed by atoms with Gasteiger partial charge in [-0.05, 0) is 18.2 Å². The minimum Gasteiger partial charge on any atom is -0.493 e. The summed E-state index contributed by atoms with van der Waals surface area (Å²) in [6, 6.07) is 2.77. The smallest absolute Gasteiger partial charge is 0.418 e. The van der Waals surface area contributed by atoms with E-state index in [2.05, 4.69) is 15.0 Å². The van der Waals surface area contributed by atoms with Crippen LogP contribution in [0.1, 0.15) is 23.1 Å². The zero-order valence-corrected chi connectivity index (χ0v) is 15.3. The highest BCUT2D eigenvalue weighted by Crippen LogP contribution is 2.44. The third-order valence-electron chi connectivity index (χ3n) is 4.63. The van der Waals surface area contributed by atoms with E-state index in [9.17, 15) is 40.2 Å². The number of aliphatic hydroxyl groups excluding tert-OH is 1. The van der Waals surface area contributed by atoms with Crippen LogP contribution < -0.4 is 14.8 Å². The zero-order valence-electron chi connectivity index (χ0n) is 15.3. The summed E-state index contributed by atoms with van der Waals surface area (Å²) in [7, 11) is 0. The number of hydrogen-bond donors (Lipinski definition) is 2. The quantitative estimate of drug-likeness (QED) is 0.631. The summed E-state index contributed by atoms with van der Waals surface area (Å²) < 4.78 is 113. The van der Waals surface area contributed by atoms with Gasteiger partial charge in [-0.2, -0.15) is 35.1 Å². The van der Waals surface area contributed by atoms with Gasteiger partial charge in [0.05, 0.1) is 29.9 Å². The third-order valence-corrected chi connectivity index (χ3v) is 4.63. The van der Waals surface area contributed by atoms with Gasteiger partial charge in [-0.15, -0.1) is 0 Å². The van der Waals surface area contributed by atoms with Crippen molar-refractivity contribution in [1.29, 1.82) is 0 Å². The van der Waals surface area contributed by atoms with Crippen molar-refractivity contribution in [2.45, 2.75) is 30.9 Å². The van der Waals surface area contributed by atoms with Crippen molar-refractivity contribution in [3.05, 3.63) is 47.2 Å². The molecule has 0 amide bonds. The predicted molar refractivity (Wildman–Crippen MR) is 89.8 cm³/mol. The number of ether oxygens (including phenoxy) is 2. The molecular formula is C18H14F8N2O3. The minimum absolute atomic E-state index is 0.0407. The molecule has 13 heteroatoms. The minimum atomic E-state index is -4.89. The van der Waals surface area contributed by atoms with Crippen LogP contribution in [0, 0.1) is 0 Å². The molecule has 2 heterocycles. The molecule has 3 rings (SSSR count). The Balaban J connectivity index is 2.05. The molecule has 1 atom stereocenters. The molecule has 1 aliphatic heterocycles. The molecular weight excluding hydrogens is 444 g/mol. The number of benzene rings is 1. The number of halogens is 8. The Bertz CT molecular complexity index is 948. The SMILES string of the molecule is OCC1(Nc2ncc(C(F)(F)F)cc2OC(F)F)CCOc2cc(C(F)(F)F)ccc21. The monoisotopic (exact) mass is 458 g/mol. The van der Waals surface area contributed by atoms with Crippen molar-refractivity contribution in [3.8, 4) is 11.5 Å². The lowest BCUT2D eigenvalue weighted by atomic mass is 9.84.